The summed E-state index contributed by atoms with van der Waals surface area (Å²) >= 11 is 7.26. The predicted molar refractivity (Wildman–Crippen MR) is 128 cm³/mol. The summed E-state index contributed by atoms with van der Waals surface area (Å²) in [6, 6.07) is 16.4. The fraction of sp³-hybridized carbons (Fsp3) is 0.160. The van der Waals surface area contributed by atoms with Gasteiger partial charge in [-0.25, -0.2) is 9.79 Å². The number of esters is 1. The molecule has 0 aliphatic carbocycles. The van der Waals surface area contributed by atoms with Gasteiger partial charge >= 0.3 is 5.97 Å². The Morgan fingerprint density at radius 2 is 1.88 bits per heavy atom. The minimum absolute atomic E-state index is 0.208. The van der Waals surface area contributed by atoms with Crippen LogP contribution in [0.3, 0.4) is 0 Å². The van der Waals surface area contributed by atoms with Gasteiger partial charge in [0.15, 0.2) is 4.80 Å². The zero-order valence-corrected chi connectivity index (χ0v) is 19.2. The summed E-state index contributed by atoms with van der Waals surface area (Å²) in [5.41, 5.74) is 2.53. The molecule has 1 aromatic heterocycles. The lowest BCUT2D eigenvalue weighted by atomic mass is 10.0. The Morgan fingerprint density at radius 3 is 2.56 bits per heavy atom. The number of halogens is 1. The maximum absolute atomic E-state index is 13.4. The van der Waals surface area contributed by atoms with Gasteiger partial charge in [-0.15, -0.1) is 0 Å². The van der Waals surface area contributed by atoms with E-state index < -0.39 is 12.0 Å². The fourth-order valence-electron chi connectivity index (χ4n) is 3.49. The highest BCUT2D eigenvalue weighted by atomic mass is 35.5. The van der Waals surface area contributed by atoms with Gasteiger partial charge in [-0.3, -0.25) is 9.36 Å². The molecular formula is C25H21ClN2O3S. The molecule has 162 valence electrons. The zero-order valence-electron chi connectivity index (χ0n) is 17.6. The number of ether oxygens (including phenoxy) is 1. The Hall–Kier alpha value is -3.22. The fourth-order valence-corrected chi connectivity index (χ4v) is 4.67. The van der Waals surface area contributed by atoms with E-state index in [0.29, 0.717) is 25.6 Å². The minimum Gasteiger partial charge on any atom is -0.463 e. The monoisotopic (exact) mass is 464 g/mol. The van der Waals surface area contributed by atoms with Gasteiger partial charge in [-0.05, 0) is 43.2 Å². The molecule has 0 fully saturated rings. The summed E-state index contributed by atoms with van der Waals surface area (Å²) in [6.07, 6.45) is 5.56. The molecule has 1 aliphatic rings. The van der Waals surface area contributed by atoms with Crippen LogP contribution in [0.5, 0.6) is 0 Å². The average molecular weight is 465 g/mol. The first-order valence-electron chi connectivity index (χ1n) is 10.2. The summed E-state index contributed by atoms with van der Waals surface area (Å²) in [5.74, 6) is -0.469. The quantitative estimate of drug-likeness (QED) is 0.534. The van der Waals surface area contributed by atoms with E-state index in [1.807, 2.05) is 60.7 Å². The number of benzene rings is 2. The minimum atomic E-state index is -0.613. The van der Waals surface area contributed by atoms with Crippen LogP contribution in [0.25, 0.3) is 12.2 Å². The number of rotatable bonds is 5. The molecule has 0 amide bonds. The number of hydrogen-bond donors (Lipinski definition) is 0. The standard InChI is InChI=1S/C25H21ClN2O3S/c1-3-31-24(30)22-16(2)27-25-28(20(22)14-11-17-7-5-4-6-8-17)23(29)21(32-25)15-18-9-12-19(26)13-10-18/h4-15,20H,3H2,1-2H3/b14-11+,21-15-/t20-/m0/s1. The van der Waals surface area contributed by atoms with Crippen molar-refractivity contribution < 1.29 is 9.53 Å². The summed E-state index contributed by atoms with van der Waals surface area (Å²) in [4.78, 5) is 31.3. The van der Waals surface area contributed by atoms with E-state index in [-0.39, 0.29) is 12.2 Å². The molecule has 0 bridgehead atoms. The smallest absolute Gasteiger partial charge is 0.338 e. The van der Waals surface area contributed by atoms with Crippen molar-refractivity contribution in [1.82, 2.24) is 4.57 Å². The van der Waals surface area contributed by atoms with Gasteiger partial charge in [0, 0.05) is 5.02 Å². The SMILES string of the molecule is CCOC(=O)C1=C(C)N=c2s/c(=C\c3ccc(Cl)cc3)c(=O)n2[C@H]1/C=C/c1ccccc1. The third kappa shape index (κ3) is 4.52. The molecule has 3 aromatic rings. The second-order valence-corrected chi connectivity index (χ2v) is 8.61. The summed E-state index contributed by atoms with van der Waals surface area (Å²) in [6.45, 7) is 3.77. The number of hydrogen-bond acceptors (Lipinski definition) is 5. The average Bonchev–Trinajstić information content (AvgIpc) is 3.09. The van der Waals surface area contributed by atoms with Crippen molar-refractivity contribution >= 4 is 41.1 Å². The first-order chi connectivity index (χ1) is 15.5. The molecule has 0 radical (unpaired) electrons. The molecule has 7 heteroatoms. The Bertz CT molecular complexity index is 1380. The number of fused-ring (bicyclic) bond motifs is 1. The van der Waals surface area contributed by atoms with Crippen LogP contribution in [0.4, 0.5) is 0 Å². The molecule has 0 spiro atoms. The van der Waals surface area contributed by atoms with Crippen LogP contribution >= 0.6 is 22.9 Å². The largest absolute Gasteiger partial charge is 0.463 e. The molecule has 0 N–H and O–H groups in total. The highest BCUT2D eigenvalue weighted by Crippen LogP contribution is 2.26. The lowest BCUT2D eigenvalue weighted by Crippen LogP contribution is -2.38. The molecule has 0 saturated heterocycles. The maximum atomic E-state index is 13.4. The topological polar surface area (TPSA) is 60.7 Å². The van der Waals surface area contributed by atoms with E-state index in [1.165, 1.54) is 11.3 Å². The normalized spacial score (nSPS) is 16.2. The molecule has 2 aromatic carbocycles. The first-order valence-corrected chi connectivity index (χ1v) is 11.4. The Kier molecular flexibility index (Phi) is 6.53. The van der Waals surface area contributed by atoms with Gasteiger partial charge in [-0.2, -0.15) is 0 Å². The molecule has 1 aliphatic heterocycles. The Morgan fingerprint density at radius 1 is 1.16 bits per heavy atom. The van der Waals surface area contributed by atoms with Crippen molar-refractivity contribution in [2.24, 2.45) is 4.99 Å². The van der Waals surface area contributed by atoms with E-state index >= 15 is 0 Å². The molecule has 32 heavy (non-hydrogen) atoms. The van der Waals surface area contributed by atoms with Crippen LogP contribution in [0.1, 0.15) is 31.0 Å². The molecule has 4 rings (SSSR count). The van der Waals surface area contributed by atoms with E-state index in [4.69, 9.17) is 16.3 Å². The number of nitrogens with zero attached hydrogens (tertiary/aromatic N) is 2. The van der Waals surface area contributed by atoms with E-state index in [9.17, 15) is 9.59 Å². The van der Waals surface area contributed by atoms with Crippen molar-refractivity contribution in [3.05, 3.63) is 108 Å². The second-order valence-electron chi connectivity index (χ2n) is 7.17. The van der Waals surface area contributed by atoms with Gasteiger partial charge in [0.05, 0.1) is 28.5 Å². The van der Waals surface area contributed by atoms with Gasteiger partial charge in [0.1, 0.15) is 0 Å². The van der Waals surface area contributed by atoms with Crippen molar-refractivity contribution in [1.29, 1.82) is 0 Å². The van der Waals surface area contributed by atoms with Crippen molar-refractivity contribution in [3.63, 3.8) is 0 Å². The van der Waals surface area contributed by atoms with Gasteiger partial charge < -0.3 is 4.74 Å². The van der Waals surface area contributed by atoms with Crippen LogP contribution in [0.15, 0.2) is 81.7 Å². The first kappa shape index (κ1) is 22.0. The predicted octanol–water partition coefficient (Wildman–Crippen LogP) is 4.12. The lowest BCUT2D eigenvalue weighted by molar-refractivity contribution is -0.139. The Labute approximate surface area is 194 Å². The number of allylic oxidation sites excluding steroid dienone is 2. The highest BCUT2D eigenvalue weighted by Gasteiger charge is 2.30. The van der Waals surface area contributed by atoms with Gasteiger partial charge in [-0.1, -0.05) is 77.6 Å². The molecule has 2 heterocycles. The third-order valence-electron chi connectivity index (χ3n) is 5.00. The second kappa shape index (κ2) is 9.51. The lowest BCUT2D eigenvalue weighted by Gasteiger charge is -2.21. The highest BCUT2D eigenvalue weighted by molar-refractivity contribution is 7.07. The van der Waals surface area contributed by atoms with Gasteiger partial charge in [0.2, 0.25) is 0 Å². The van der Waals surface area contributed by atoms with Crippen molar-refractivity contribution in [3.8, 4) is 0 Å². The van der Waals surface area contributed by atoms with E-state index in [1.54, 1.807) is 30.5 Å². The maximum Gasteiger partial charge on any atom is 0.338 e. The van der Waals surface area contributed by atoms with Crippen molar-refractivity contribution in [2.45, 2.75) is 19.9 Å². The molecule has 1 atom stereocenters. The van der Waals surface area contributed by atoms with Crippen LogP contribution in [0.2, 0.25) is 5.02 Å². The summed E-state index contributed by atoms with van der Waals surface area (Å²) in [5, 5.41) is 0.629. The summed E-state index contributed by atoms with van der Waals surface area (Å²) < 4.78 is 7.37. The number of carbonyl (C=O) groups excluding carboxylic acids is 1. The van der Waals surface area contributed by atoms with Crippen LogP contribution in [-0.2, 0) is 9.53 Å². The van der Waals surface area contributed by atoms with E-state index in [0.717, 1.165) is 11.1 Å². The van der Waals surface area contributed by atoms with Crippen molar-refractivity contribution in [2.75, 3.05) is 6.61 Å². The van der Waals surface area contributed by atoms with Gasteiger partial charge in [0.25, 0.3) is 5.56 Å². The number of thiazole rings is 1. The van der Waals surface area contributed by atoms with Crippen LogP contribution in [0, 0.1) is 0 Å². The number of carbonyl (C=O) groups is 1. The van der Waals surface area contributed by atoms with Crippen LogP contribution < -0.4 is 14.9 Å². The van der Waals surface area contributed by atoms with E-state index in [2.05, 4.69) is 4.99 Å². The van der Waals surface area contributed by atoms with Crippen LogP contribution in [-0.4, -0.2) is 17.1 Å². The third-order valence-corrected chi connectivity index (χ3v) is 6.23. The zero-order chi connectivity index (χ0) is 22.7. The Balaban J connectivity index is 1.87. The molecular weight excluding hydrogens is 444 g/mol. The molecule has 0 unspecified atom stereocenters. The number of aromatic nitrogens is 1. The molecule has 5 nitrogen and oxygen atoms in total. The summed E-state index contributed by atoms with van der Waals surface area (Å²) in [7, 11) is 0. The molecule has 0 saturated carbocycles.